The number of hydrogen-bond acceptors (Lipinski definition) is 3. The van der Waals surface area contributed by atoms with Gasteiger partial charge in [0.05, 0.1) is 6.61 Å². The molecular weight excluding hydrogens is 248 g/mol. The highest BCUT2D eigenvalue weighted by molar-refractivity contribution is 4.92. The second-order valence-corrected chi connectivity index (χ2v) is 7.61. The van der Waals surface area contributed by atoms with Crippen molar-refractivity contribution in [1.29, 1.82) is 0 Å². The SMILES string of the molecule is CC1CCN(CCCCC(C)(CO)NC2CC2)C(C)C1. The van der Waals surface area contributed by atoms with Crippen molar-refractivity contribution < 1.29 is 5.11 Å². The Labute approximate surface area is 125 Å². The van der Waals surface area contributed by atoms with Crippen LogP contribution in [0.4, 0.5) is 0 Å². The molecule has 2 fully saturated rings. The first-order chi connectivity index (χ1) is 9.52. The van der Waals surface area contributed by atoms with E-state index in [1.54, 1.807) is 0 Å². The van der Waals surface area contributed by atoms with Crippen LogP contribution in [0.5, 0.6) is 0 Å². The zero-order chi connectivity index (χ0) is 14.6. The zero-order valence-electron chi connectivity index (χ0n) is 13.7. The van der Waals surface area contributed by atoms with E-state index in [4.69, 9.17) is 0 Å². The molecule has 0 radical (unpaired) electrons. The molecule has 0 aromatic carbocycles. The maximum Gasteiger partial charge on any atom is 0.0610 e. The fourth-order valence-corrected chi connectivity index (χ4v) is 3.54. The van der Waals surface area contributed by atoms with Crippen molar-refractivity contribution in [3.8, 4) is 0 Å². The van der Waals surface area contributed by atoms with Gasteiger partial charge in [0.15, 0.2) is 0 Å². The number of rotatable bonds is 8. The molecule has 1 saturated carbocycles. The lowest BCUT2D eigenvalue weighted by atomic mass is 9.92. The molecule has 0 spiro atoms. The van der Waals surface area contributed by atoms with Gasteiger partial charge in [0.2, 0.25) is 0 Å². The first kappa shape index (κ1) is 16.3. The lowest BCUT2D eigenvalue weighted by Crippen LogP contribution is -2.47. The van der Waals surface area contributed by atoms with Crippen molar-refractivity contribution in [1.82, 2.24) is 10.2 Å². The first-order valence-electron chi connectivity index (χ1n) is 8.65. The first-order valence-corrected chi connectivity index (χ1v) is 8.65. The number of nitrogens with one attached hydrogen (secondary N) is 1. The highest BCUT2D eigenvalue weighted by atomic mass is 16.3. The summed E-state index contributed by atoms with van der Waals surface area (Å²) in [5, 5.41) is 13.2. The summed E-state index contributed by atoms with van der Waals surface area (Å²) in [5.41, 5.74) is -0.0524. The third-order valence-electron chi connectivity index (χ3n) is 5.18. The van der Waals surface area contributed by atoms with Gasteiger partial charge in [0.25, 0.3) is 0 Å². The molecular formula is C17H34N2O. The van der Waals surface area contributed by atoms with Crippen molar-refractivity contribution in [2.75, 3.05) is 19.7 Å². The summed E-state index contributed by atoms with van der Waals surface area (Å²) in [5.74, 6) is 0.904. The molecule has 20 heavy (non-hydrogen) atoms. The van der Waals surface area contributed by atoms with Gasteiger partial charge in [-0.3, -0.25) is 0 Å². The van der Waals surface area contributed by atoms with E-state index in [-0.39, 0.29) is 12.1 Å². The highest BCUT2D eigenvalue weighted by Crippen LogP contribution is 2.26. The molecule has 1 saturated heterocycles. The molecule has 0 amide bonds. The second-order valence-electron chi connectivity index (χ2n) is 7.61. The van der Waals surface area contributed by atoms with Crippen LogP contribution in [0.1, 0.15) is 65.7 Å². The lowest BCUT2D eigenvalue weighted by molar-refractivity contribution is 0.122. The molecule has 1 aliphatic carbocycles. The summed E-state index contributed by atoms with van der Waals surface area (Å²) in [4.78, 5) is 2.66. The normalized spacial score (nSPS) is 31.2. The van der Waals surface area contributed by atoms with Crippen LogP contribution in [0.2, 0.25) is 0 Å². The van der Waals surface area contributed by atoms with E-state index in [0.717, 1.165) is 18.4 Å². The summed E-state index contributed by atoms with van der Waals surface area (Å²) in [6, 6.07) is 1.43. The molecule has 3 atom stereocenters. The number of aliphatic hydroxyl groups excluding tert-OH is 1. The van der Waals surface area contributed by atoms with Crippen LogP contribution in [0.3, 0.4) is 0 Å². The Balaban J connectivity index is 1.62. The van der Waals surface area contributed by atoms with Crippen LogP contribution >= 0.6 is 0 Å². The highest BCUT2D eigenvalue weighted by Gasteiger charge is 2.31. The number of aliphatic hydroxyl groups is 1. The van der Waals surface area contributed by atoms with Gasteiger partial charge < -0.3 is 15.3 Å². The fourth-order valence-electron chi connectivity index (χ4n) is 3.54. The van der Waals surface area contributed by atoms with Crippen molar-refractivity contribution in [2.45, 2.75) is 83.3 Å². The minimum Gasteiger partial charge on any atom is -0.394 e. The third-order valence-corrected chi connectivity index (χ3v) is 5.18. The van der Waals surface area contributed by atoms with Crippen LogP contribution < -0.4 is 5.32 Å². The van der Waals surface area contributed by atoms with Crippen LogP contribution in [-0.4, -0.2) is 47.3 Å². The number of nitrogens with zero attached hydrogens (tertiary/aromatic N) is 1. The van der Waals surface area contributed by atoms with E-state index in [1.807, 2.05) is 0 Å². The monoisotopic (exact) mass is 282 g/mol. The van der Waals surface area contributed by atoms with Crippen molar-refractivity contribution in [3.63, 3.8) is 0 Å². The van der Waals surface area contributed by atoms with Crippen LogP contribution in [0.15, 0.2) is 0 Å². The van der Waals surface area contributed by atoms with Gasteiger partial charge in [0, 0.05) is 17.6 Å². The molecule has 3 nitrogen and oxygen atoms in total. The molecule has 0 aromatic rings. The summed E-state index contributed by atoms with van der Waals surface area (Å²) in [6.45, 7) is 9.71. The minimum atomic E-state index is -0.0524. The minimum absolute atomic E-state index is 0.0524. The van der Waals surface area contributed by atoms with E-state index in [1.165, 1.54) is 51.6 Å². The Morgan fingerprint density at radius 3 is 2.55 bits per heavy atom. The number of piperidine rings is 1. The van der Waals surface area contributed by atoms with Crippen LogP contribution in [-0.2, 0) is 0 Å². The van der Waals surface area contributed by atoms with Gasteiger partial charge in [-0.15, -0.1) is 0 Å². The van der Waals surface area contributed by atoms with E-state index < -0.39 is 0 Å². The molecule has 118 valence electrons. The van der Waals surface area contributed by atoms with Gasteiger partial charge in [0.1, 0.15) is 0 Å². The zero-order valence-corrected chi connectivity index (χ0v) is 13.7. The van der Waals surface area contributed by atoms with E-state index in [2.05, 4.69) is 31.0 Å². The van der Waals surface area contributed by atoms with Gasteiger partial charge in [-0.25, -0.2) is 0 Å². The lowest BCUT2D eigenvalue weighted by Gasteiger charge is -2.37. The molecule has 2 aliphatic rings. The Bertz CT molecular complexity index is 293. The van der Waals surface area contributed by atoms with Gasteiger partial charge >= 0.3 is 0 Å². The predicted octanol–water partition coefficient (Wildman–Crippen LogP) is 2.78. The molecule has 1 heterocycles. The van der Waals surface area contributed by atoms with E-state index in [9.17, 15) is 5.11 Å². The quantitative estimate of drug-likeness (QED) is 0.672. The number of hydrogen-bond donors (Lipinski definition) is 2. The van der Waals surface area contributed by atoms with Gasteiger partial charge in [-0.05, 0) is 71.4 Å². The number of likely N-dealkylation sites (tertiary alicyclic amines) is 1. The summed E-state index contributed by atoms with van der Waals surface area (Å²) < 4.78 is 0. The maximum atomic E-state index is 9.61. The van der Waals surface area contributed by atoms with Crippen LogP contribution in [0, 0.1) is 5.92 Å². The third kappa shape index (κ3) is 5.01. The second kappa shape index (κ2) is 7.24. The molecule has 3 heteroatoms. The Morgan fingerprint density at radius 2 is 1.95 bits per heavy atom. The summed E-state index contributed by atoms with van der Waals surface area (Å²) >= 11 is 0. The predicted molar refractivity (Wildman–Crippen MR) is 84.9 cm³/mol. The molecule has 1 aliphatic heterocycles. The molecule has 0 bridgehead atoms. The Morgan fingerprint density at radius 1 is 1.20 bits per heavy atom. The van der Waals surface area contributed by atoms with Crippen molar-refractivity contribution in [2.24, 2.45) is 5.92 Å². The maximum absolute atomic E-state index is 9.61. The van der Waals surface area contributed by atoms with Gasteiger partial charge in [-0.2, -0.15) is 0 Å². The summed E-state index contributed by atoms with van der Waals surface area (Å²) in [6.07, 6.45) is 8.88. The van der Waals surface area contributed by atoms with E-state index in [0.29, 0.717) is 6.04 Å². The molecule has 3 unspecified atom stereocenters. The van der Waals surface area contributed by atoms with E-state index >= 15 is 0 Å². The van der Waals surface area contributed by atoms with Crippen molar-refractivity contribution in [3.05, 3.63) is 0 Å². The van der Waals surface area contributed by atoms with Crippen LogP contribution in [0.25, 0.3) is 0 Å². The molecule has 2 N–H and O–H groups in total. The largest absolute Gasteiger partial charge is 0.394 e. The molecule has 0 aromatic heterocycles. The molecule has 2 rings (SSSR count). The van der Waals surface area contributed by atoms with Crippen molar-refractivity contribution >= 4 is 0 Å². The Hall–Kier alpha value is -0.120. The number of unbranched alkanes of at least 4 members (excludes halogenated alkanes) is 1. The average molecular weight is 282 g/mol. The standard InChI is InChI=1S/C17H34N2O/c1-14-8-11-19(15(2)12-14)10-5-4-9-17(3,13-20)18-16-6-7-16/h14-16,18,20H,4-13H2,1-3H3. The Kier molecular flexibility index (Phi) is 5.88. The topological polar surface area (TPSA) is 35.5 Å². The fraction of sp³-hybridized carbons (Fsp3) is 1.00. The van der Waals surface area contributed by atoms with Gasteiger partial charge in [-0.1, -0.05) is 13.3 Å². The summed E-state index contributed by atoms with van der Waals surface area (Å²) in [7, 11) is 0. The average Bonchev–Trinajstić information content (AvgIpc) is 3.20. The smallest absolute Gasteiger partial charge is 0.0610 e.